The number of para-hydroxylation sites is 1. The minimum Gasteiger partial charge on any atom is -0.481 e. The molecule has 2 N–H and O–H groups in total. The van der Waals surface area contributed by atoms with Crippen molar-refractivity contribution in [2.24, 2.45) is 11.8 Å². The van der Waals surface area contributed by atoms with Gasteiger partial charge in [-0.15, -0.1) is 13.2 Å². The van der Waals surface area contributed by atoms with Crippen LogP contribution >= 0.6 is 0 Å². The first-order chi connectivity index (χ1) is 11.8. The summed E-state index contributed by atoms with van der Waals surface area (Å²) in [4.78, 5) is 23.0. The van der Waals surface area contributed by atoms with E-state index in [9.17, 15) is 22.8 Å². The monoisotopic (exact) mass is 359 g/mol. The summed E-state index contributed by atoms with van der Waals surface area (Å²) in [6, 6.07) is 5.81. The van der Waals surface area contributed by atoms with Crippen LogP contribution in [0, 0.1) is 11.8 Å². The molecule has 1 aliphatic carbocycles. The van der Waals surface area contributed by atoms with E-state index in [-0.39, 0.29) is 30.5 Å². The minimum absolute atomic E-state index is 0.182. The van der Waals surface area contributed by atoms with E-state index in [1.165, 1.54) is 18.2 Å². The Labute approximate surface area is 143 Å². The standard InChI is InChI=1S/C17H20F3NO4/c18-17(19,20)25-14-4-2-1-3-11(14)9-10-21-15(22)12-5-7-13(8-6-12)16(23)24/h1-4,12-13H,5-10H2,(H,21,22)(H,23,24). The van der Waals surface area contributed by atoms with Crippen LogP contribution in [0.25, 0.3) is 0 Å². The fourth-order valence-corrected chi connectivity index (χ4v) is 3.00. The van der Waals surface area contributed by atoms with E-state index in [0.29, 0.717) is 31.2 Å². The molecule has 1 saturated carbocycles. The van der Waals surface area contributed by atoms with Crippen molar-refractivity contribution in [3.8, 4) is 5.75 Å². The van der Waals surface area contributed by atoms with Crippen LogP contribution in [0.3, 0.4) is 0 Å². The van der Waals surface area contributed by atoms with Crippen molar-refractivity contribution in [3.05, 3.63) is 29.8 Å². The van der Waals surface area contributed by atoms with Crippen molar-refractivity contribution in [1.82, 2.24) is 5.32 Å². The Hall–Kier alpha value is -2.25. The lowest BCUT2D eigenvalue weighted by Crippen LogP contribution is -2.35. The average molecular weight is 359 g/mol. The molecule has 0 radical (unpaired) electrons. The molecule has 1 aromatic rings. The van der Waals surface area contributed by atoms with Gasteiger partial charge >= 0.3 is 12.3 Å². The highest BCUT2D eigenvalue weighted by Gasteiger charge is 2.32. The summed E-state index contributed by atoms with van der Waals surface area (Å²) in [5.74, 6) is -1.92. The predicted molar refractivity (Wildman–Crippen MR) is 82.9 cm³/mol. The summed E-state index contributed by atoms with van der Waals surface area (Å²) < 4.78 is 41.1. The lowest BCUT2D eigenvalue weighted by Gasteiger charge is -2.25. The predicted octanol–water partition coefficient (Wildman–Crippen LogP) is 3.13. The lowest BCUT2D eigenvalue weighted by molar-refractivity contribution is -0.274. The first-order valence-electron chi connectivity index (χ1n) is 8.10. The highest BCUT2D eigenvalue weighted by atomic mass is 19.4. The van der Waals surface area contributed by atoms with Gasteiger partial charge in [0.2, 0.25) is 5.91 Å². The highest BCUT2D eigenvalue weighted by molar-refractivity contribution is 5.79. The maximum Gasteiger partial charge on any atom is 0.573 e. The molecule has 2 rings (SSSR count). The molecule has 0 heterocycles. The Kier molecular flexibility index (Phi) is 6.27. The molecule has 0 unspecified atom stereocenters. The number of carboxylic acids is 1. The molecule has 0 bridgehead atoms. The molecule has 0 aromatic heterocycles. The Morgan fingerprint density at radius 3 is 2.32 bits per heavy atom. The molecule has 25 heavy (non-hydrogen) atoms. The zero-order valence-electron chi connectivity index (χ0n) is 13.5. The molecule has 0 saturated heterocycles. The summed E-state index contributed by atoms with van der Waals surface area (Å²) in [7, 11) is 0. The van der Waals surface area contributed by atoms with Gasteiger partial charge in [-0.3, -0.25) is 9.59 Å². The van der Waals surface area contributed by atoms with Gasteiger partial charge in [-0.25, -0.2) is 0 Å². The molecular formula is C17H20F3NO4. The van der Waals surface area contributed by atoms with Gasteiger partial charge in [0.25, 0.3) is 0 Å². The quantitative estimate of drug-likeness (QED) is 0.818. The lowest BCUT2D eigenvalue weighted by atomic mass is 9.81. The normalized spacial score (nSPS) is 20.8. The fourth-order valence-electron chi connectivity index (χ4n) is 3.00. The number of carboxylic acid groups (broad SMARTS) is 1. The van der Waals surface area contributed by atoms with Crippen molar-refractivity contribution < 1.29 is 32.6 Å². The maximum atomic E-state index is 12.4. The third-order valence-corrected chi connectivity index (χ3v) is 4.34. The number of hydrogen-bond acceptors (Lipinski definition) is 3. The number of amides is 1. The van der Waals surface area contributed by atoms with Crippen molar-refractivity contribution in [2.75, 3.05) is 6.54 Å². The molecule has 1 aliphatic rings. The number of carbonyl (C=O) groups excluding carboxylic acids is 1. The third-order valence-electron chi connectivity index (χ3n) is 4.34. The summed E-state index contributed by atoms with van der Waals surface area (Å²) in [6.07, 6.45) is -2.59. The first kappa shape index (κ1) is 19.1. The van der Waals surface area contributed by atoms with E-state index in [0.717, 1.165) is 0 Å². The van der Waals surface area contributed by atoms with Crippen molar-refractivity contribution in [1.29, 1.82) is 0 Å². The molecule has 1 amide bonds. The molecule has 1 fully saturated rings. The molecule has 0 spiro atoms. The van der Waals surface area contributed by atoms with Gasteiger partial charge in [-0.2, -0.15) is 0 Å². The molecule has 0 atom stereocenters. The number of nitrogens with one attached hydrogen (secondary N) is 1. The van der Waals surface area contributed by atoms with E-state index in [2.05, 4.69) is 10.1 Å². The second kappa shape index (κ2) is 8.22. The van der Waals surface area contributed by atoms with Crippen LogP contribution in [0.5, 0.6) is 5.75 Å². The average Bonchev–Trinajstić information content (AvgIpc) is 2.55. The zero-order valence-corrected chi connectivity index (χ0v) is 13.5. The molecule has 5 nitrogen and oxygen atoms in total. The van der Waals surface area contributed by atoms with E-state index < -0.39 is 18.2 Å². The van der Waals surface area contributed by atoms with Gasteiger partial charge < -0.3 is 15.2 Å². The van der Waals surface area contributed by atoms with Crippen LogP contribution in [0.15, 0.2) is 24.3 Å². The number of rotatable bonds is 6. The number of halogens is 3. The largest absolute Gasteiger partial charge is 0.573 e. The maximum absolute atomic E-state index is 12.4. The topological polar surface area (TPSA) is 75.6 Å². The number of hydrogen-bond donors (Lipinski definition) is 2. The van der Waals surface area contributed by atoms with Gasteiger partial charge in [-0.05, 0) is 43.7 Å². The molecule has 1 aromatic carbocycles. The second-order valence-corrected chi connectivity index (χ2v) is 6.08. The third kappa shape index (κ3) is 5.95. The number of carbonyl (C=O) groups is 2. The van der Waals surface area contributed by atoms with Gasteiger partial charge in [-0.1, -0.05) is 18.2 Å². The van der Waals surface area contributed by atoms with Crippen LogP contribution in [0.4, 0.5) is 13.2 Å². The summed E-state index contributed by atoms with van der Waals surface area (Å²) in [5, 5.41) is 11.7. The Bertz CT molecular complexity index is 610. The molecule has 8 heteroatoms. The van der Waals surface area contributed by atoms with Crippen LogP contribution in [-0.4, -0.2) is 29.9 Å². The minimum atomic E-state index is -4.76. The highest BCUT2D eigenvalue weighted by Crippen LogP contribution is 2.29. The summed E-state index contributed by atoms with van der Waals surface area (Å²) in [5.41, 5.74) is 0.356. The summed E-state index contributed by atoms with van der Waals surface area (Å²) in [6.45, 7) is 0.190. The van der Waals surface area contributed by atoms with Crippen molar-refractivity contribution >= 4 is 11.9 Å². The van der Waals surface area contributed by atoms with Gasteiger partial charge in [0.15, 0.2) is 0 Å². The number of aliphatic carboxylic acids is 1. The van der Waals surface area contributed by atoms with Crippen LogP contribution in [-0.2, 0) is 16.0 Å². The van der Waals surface area contributed by atoms with E-state index >= 15 is 0 Å². The van der Waals surface area contributed by atoms with Crippen LogP contribution in [0.2, 0.25) is 0 Å². The first-order valence-corrected chi connectivity index (χ1v) is 8.10. The summed E-state index contributed by atoms with van der Waals surface area (Å²) >= 11 is 0. The van der Waals surface area contributed by atoms with E-state index in [1.807, 2.05) is 0 Å². The van der Waals surface area contributed by atoms with Crippen LogP contribution in [0.1, 0.15) is 31.2 Å². The van der Waals surface area contributed by atoms with E-state index in [4.69, 9.17) is 5.11 Å². The molecular weight excluding hydrogens is 339 g/mol. The van der Waals surface area contributed by atoms with Gasteiger partial charge in [0, 0.05) is 12.5 Å². The Morgan fingerprint density at radius 2 is 1.72 bits per heavy atom. The fraction of sp³-hybridized carbons (Fsp3) is 0.529. The number of ether oxygens (including phenoxy) is 1. The smallest absolute Gasteiger partial charge is 0.481 e. The molecule has 138 valence electrons. The number of benzene rings is 1. The molecule has 0 aliphatic heterocycles. The van der Waals surface area contributed by atoms with Crippen molar-refractivity contribution in [3.63, 3.8) is 0 Å². The van der Waals surface area contributed by atoms with Gasteiger partial charge in [0.05, 0.1) is 5.92 Å². The van der Waals surface area contributed by atoms with E-state index in [1.54, 1.807) is 6.07 Å². The zero-order chi connectivity index (χ0) is 18.4. The number of alkyl halides is 3. The van der Waals surface area contributed by atoms with Gasteiger partial charge in [0.1, 0.15) is 5.75 Å². The second-order valence-electron chi connectivity index (χ2n) is 6.08. The Morgan fingerprint density at radius 1 is 1.12 bits per heavy atom. The van der Waals surface area contributed by atoms with Crippen molar-refractivity contribution in [2.45, 2.75) is 38.5 Å². The Balaban J connectivity index is 1.81. The van der Waals surface area contributed by atoms with Crippen LogP contribution < -0.4 is 10.1 Å². The SMILES string of the molecule is O=C(O)C1CCC(C(=O)NCCc2ccccc2OC(F)(F)F)CC1.